The highest BCUT2D eigenvalue weighted by atomic mass is 35.5. The van der Waals surface area contributed by atoms with E-state index in [0.29, 0.717) is 21.4 Å². The van der Waals surface area contributed by atoms with E-state index in [4.69, 9.17) is 27.9 Å². The number of nitrogens with one attached hydrogen (secondary N) is 1. The summed E-state index contributed by atoms with van der Waals surface area (Å²) >= 11 is 12.0. The highest BCUT2D eigenvalue weighted by molar-refractivity contribution is 6.35. The fourth-order valence-electron chi connectivity index (χ4n) is 6.56. The molecule has 0 spiro atoms. The van der Waals surface area contributed by atoms with Crippen molar-refractivity contribution in [3.8, 4) is 0 Å². The van der Waals surface area contributed by atoms with Crippen molar-refractivity contribution in [2.45, 2.75) is 18.8 Å². The largest absolute Gasteiger partial charge is 0.452 e. The van der Waals surface area contributed by atoms with Crippen molar-refractivity contribution in [1.82, 2.24) is 0 Å². The van der Waals surface area contributed by atoms with Crippen LogP contribution in [0, 0.1) is 23.7 Å². The average Bonchev–Trinajstić information content (AvgIpc) is 3.61. The lowest BCUT2D eigenvalue weighted by molar-refractivity contribution is -0.123. The summed E-state index contributed by atoms with van der Waals surface area (Å²) in [7, 11) is 0. The molecule has 0 unspecified atom stereocenters. The van der Waals surface area contributed by atoms with Gasteiger partial charge in [-0.1, -0.05) is 59.6 Å². The highest BCUT2D eigenvalue weighted by Crippen LogP contribution is 2.61. The summed E-state index contributed by atoms with van der Waals surface area (Å²) in [5.74, 6) is -1.86. The lowest BCUT2D eigenvalue weighted by Crippen LogP contribution is -2.33. The molecular weight excluding hydrogens is 539 g/mol. The monoisotopic (exact) mass is 562 g/mol. The molecule has 198 valence electrons. The van der Waals surface area contributed by atoms with Crippen molar-refractivity contribution < 1.29 is 23.9 Å². The number of nitrogens with zero attached hydrogens (tertiary/aromatic N) is 1. The summed E-state index contributed by atoms with van der Waals surface area (Å²) in [5, 5.41) is 3.23. The summed E-state index contributed by atoms with van der Waals surface area (Å²) in [6.45, 7) is -0.554. The highest BCUT2D eigenvalue weighted by Gasteiger charge is 2.64. The third-order valence-electron chi connectivity index (χ3n) is 8.12. The average molecular weight is 563 g/mol. The lowest BCUT2D eigenvalue weighted by atomic mass is 9.73. The molecule has 1 N–H and O–H groups in total. The number of rotatable bonds is 6. The first-order valence-electron chi connectivity index (χ1n) is 12.8. The Morgan fingerprint density at radius 2 is 1.67 bits per heavy atom. The summed E-state index contributed by atoms with van der Waals surface area (Å²) < 4.78 is 5.17. The van der Waals surface area contributed by atoms with E-state index in [2.05, 4.69) is 17.4 Å². The van der Waals surface area contributed by atoms with E-state index in [1.807, 2.05) is 18.2 Å². The summed E-state index contributed by atoms with van der Waals surface area (Å²) in [4.78, 5) is 53.3. The molecule has 1 heterocycles. The number of amides is 3. The number of hydrogen-bond donors (Lipinski definition) is 1. The molecule has 2 bridgehead atoms. The maximum absolute atomic E-state index is 13.6. The summed E-state index contributed by atoms with van der Waals surface area (Å²) in [6.07, 6.45) is 1.78. The Hall–Kier alpha value is -3.68. The van der Waals surface area contributed by atoms with Gasteiger partial charge in [-0.2, -0.15) is 0 Å². The van der Waals surface area contributed by atoms with Crippen molar-refractivity contribution in [1.29, 1.82) is 0 Å². The van der Waals surface area contributed by atoms with Crippen LogP contribution in [-0.4, -0.2) is 30.3 Å². The second-order valence-corrected chi connectivity index (χ2v) is 11.1. The maximum Gasteiger partial charge on any atom is 0.338 e. The number of benzene rings is 3. The SMILES string of the molecule is O=C(COC(=O)c1cccc(N2C(=O)[C@@H]3[C@@H]4C[C@@H]([C@@H]3C2=O)[C@H](c2ccccc2)C4)c1)Nc1cc(Cl)ccc1Cl. The molecule has 6 rings (SSSR count). The number of ether oxygens (including phenoxy) is 1. The van der Waals surface area contributed by atoms with Crippen LogP contribution in [0.5, 0.6) is 0 Å². The number of halogens is 2. The Balaban J connectivity index is 1.14. The van der Waals surface area contributed by atoms with Crippen molar-refractivity contribution in [3.63, 3.8) is 0 Å². The van der Waals surface area contributed by atoms with Crippen LogP contribution in [0.15, 0.2) is 72.8 Å². The first-order chi connectivity index (χ1) is 18.8. The molecule has 3 fully saturated rings. The van der Waals surface area contributed by atoms with Gasteiger partial charge >= 0.3 is 5.97 Å². The standard InChI is InChI=1S/C30H24Cl2N2O5/c31-19-9-10-23(32)24(14-19)33-25(35)15-39-30(38)17-7-4-8-20(11-17)34-28(36)26-18-12-21(16-5-2-1-3-6-16)22(13-18)27(26)29(34)37/h1-11,14,18,21-22,26-27H,12-13,15H2,(H,33,35)/t18-,21-,22+,26+,27-/m0/s1. The van der Waals surface area contributed by atoms with Gasteiger partial charge in [0, 0.05) is 5.02 Å². The Bertz CT molecular complexity index is 1490. The molecule has 2 aliphatic carbocycles. The van der Waals surface area contributed by atoms with E-state index >= 15 is 0 Å². The van der Waals surface area contributed by atoms with Crippen LogP contribution < -0.4 is 10.2 Å². The number of anilines is 2. The van der Waals surface area contributed by atoms with Crippen LogP contribution in [-0.2, 0) is 19.1 Å². The Kier molecular flexibility index (Phi) is 6.65. The fourth-order valence-corrected chi connectivity index (χ4v) is 6.90. The molecule has 1 aliphatic heterocycles. The van der Waals surface area contributed by atoms with Crippen molar-refractivity contribution in [2.24, 2.45) is 23.7 Å². The molecule has 2 saturated carbocycles. The molecule has 39 heavy (non-hydrogen) atoms. The minimum atomic E-state index is -0.757. The zero-order valence-electron chi connectivity index (χ0n) is 20.7. The molecule has 7 nitrogen and oxygen atoms in total. The van der Waals surface area contributed by atoms with Gasteiger partial charge in [0.2, 0.25) is 11.8 Å². The Morgan fingerprint density at radius 1 is 0.897 bits per heavy atom. The Morgan fingerprint density at radius 3 is 2.46 bits per heavy atom. The van der Waals surface area contributed by atoms with E-state index in [0.717, 1.165) is 12.8 Å². The Labute approximate surface area is 235 Å². The zero-order chi connectivity index (χ0) is 27.3. The third-order valence-corrected chi connectivity index (χ3v) is 8.68. The van der Waals surface area contributed by atoms with Crippen LogP contribution >= 0.6 is 23.2 Å². The second kappa shape index (κ2) is 10.1. The topological polar surface area (TPSA) is 92.8 Å². The summed E-state index contributed by atoms with van der Waals surface area (Å²) in [6, 6.07) is 21.0. The van der Waals surface area contributed by atoms with E-state index in [-0.39, 0.29) is 47.0 Å². The van der Waals surface area contributed by atoms with Crippen LogP contribution in [0.25, 0.3) is 0 Å². The first-order valence-corrected chi connectivity index (χ1v) is 13.5. The van der Waals surface area contributed by atoms with Crippen molar-refractivity contribution >= 4 is 58.3 Å². The van der Waals surface area contributed by atoms with E-state index in [1.165, 1.54) is 28.7 Å². The van der Waals surface area contributed by atoms with E-state index in [9.17, 15) is 19.2 Å². The van der Waals surface area contributed by atoms with Crippen LogP contribution in [0.4, 0.5) is 11.4 Å². The molecule has 3 aromatic rings. The van der Waals surface area contributed by atoms with Crippen LogP contribution in [0.2, 0.25) is 10.0 Å². The number of esters is 1. The molecule has 0 radical (unpaired) electrons. The van der Waals surface area contributed by atoms with Gasteiger partial charge in [-0.3, -0.25) is 19.3 Å². The van der Waals surface area contributed by atoms with Crippen LogP contribution in [0.1, 0.15) is 34.7 Å². The van der Waals surface area contributed by atoms with Gasteiger partial charge in [-0.15, -0.1) is 0 Å². The second-order valence-electron chi connectivity index (χ2n) is 10.3. The molecule has 5 atom stereocenters. The fraction of sp³-hybridized carbons (Fsp3) is 0.267. The minimum Gasteiger partial charge on any atom is -0.452 e. The van der Waals surface area contributed by atoms with Gasteiger partial charge in [0.25, 0.3) is 5.91 Å². The first kappa shape index (κ1) is 25.6. The molecule has 9 heteroatoms. The predicted octanol–water partition coefficient (Wildman–Crippen LogP) is 5.72. The van der Waals surface area contributed by atoms with Gasteiger partial charge in [-0.25, -0.2) is 4.79 Å². The maximum atomic E-state index is 13.6. The molecular formula is C30H24Cl2N2O5. The van der Waals surface area contributed by atoms with Gasteiger partial charge in [0.05, 0.1) is 33.8 Å². The quantitative estimate of drug-likeness (QED) is 0.306. The predicted molar refractivity (Wildman–Crippen MR) is 147 cm³/mol. The van der Waals surface area contributed by atoms with Gasteiger partial charge in [-0.05, 0) is 72.6 Å². The van der Waals surface area contributed by atoms with Gasteiger partial charge < -0.3 is 10.1 Å². The number of carbonyl (C=O) groups excluding carboxylic acids is 4. The molecule has 3 amide bonds. The van der Waals surface area contributed by atoms with Gasteiger partial charge in [0.15, 0.2) is 6.61 Å². The molecule has 0 aromatic heterocycles. The molecule has 1 saturated heterocycles. The van der Waals surface area contributed by atoms with E-state index < -0.39 is 18.5 Å². The zero-order valence-corrected chi connectivity index (χ0v) is 22.2. The van der Waals surface area contributed by atoms with Crippen LogP contribution in [0.3, 0.4) is 0 Å². The van der Waals surface area contributed by atoms with Crippen molar-refractivity contribution in [3.05, 3.63) is 94.0 Å². The number of carbonyl (C=O) groups is 4. The van der Waals surface area contributed by atoms with Crippen molar-refractivity contribution in [2.75, 3.05) is 16.8 Å². The number of imide groups is 1. The molecule has 3 aromatic carbocycles. The van der Waals surface area contributed by atoms with E-state index in [1.54, 1.807) is 24.3 Å². The normalized spacial score (nSPS) is 25.1. The smallest absolute Gasteiger partial charge is 0.338 e. The summed E-state index contributed by atoms with van der Waals surface area (Å²) in [5.41, 5.74) is 1.98. The molecule has 3 aliphatic rings. The lowest BCUT2D eigenvalue weighted by Gasteiger charge is -2.28. The van der Waals surface area contributed by atoms with Gasteiger partial charge in [0.1, 0.15) is 0 Å². The minimum absolute atomic E-state index is 0.128. The number of fused-ring (bicyclic) bond motifs is 5. The third kappa shape index (κ3) is 4.60. The number of hydrogen-bond acceptors (Lipinski definition) is 5.